The van der Waals surface area contributed by atoms with Gasteiger partial charge in [-0.15, -0.1) is 11.3 Å². The molecule has 178 valence electrons. The molecule has 5 N–H and O–H groups in total. The average Bonchev–Trinajstić information content (AvgIpc) is 3.21. The van der Waals surface area contributed by atoms with E-state index in [9.17, 15) is 22.4 Å². The Morgan fingerprint density at radius 2 is 1.79 bits per heavy atom. The van der Waals surface area contributed by atoms with E-state index in [4.69, 9.17) is 10.8 Å². The van der Waals surface area contributed by atoms with Crippen LogP contribution >= 0.6 is 11.3 Å². The lowest BCUT2D eigenvalue weighted by molar-refractivity contribution is -0.137. The highest BCUT2D eigenvalue weighted by Gasteiger charge is 2.31. The number of nitrogens with two attached hydrogens (primary N) is 1. The minimum atomic E-state index is -4.66. The maximum Gasteiger partial charge on any atom is 0.416 e. The highest BCUT2D eigenvalue weighted by Crippen LogP contribution is 2.36. The zero-order valence-corrected chi connectivity index (χ0v) is 18.5. The van der Waals surface area contributed by atoms with Gasteiger partial charge in [0.1, 0.15) is 22.8 Å². The maximum atomic E-state index is 13.8. The second-order valence-electron chi connectivity index (χ2n) is 6.75. The summed E-state index contributed by atoms with van der Waals surface area (Å²) in [7, 11) is 0. The third-order valence-electron chi connectivity index (χ3n) is 4.40. The molecule has 0 aliphatic heterocycles. The fourth-order valence-electron chi connectivity index (χ4n) is 2.93. The summed E-state index contributed by atoms with van der Waals surface area (Å²) in [6.07, 6.45) is -3.27. The molecule has 0 saturated carbocycles. The van der Waals surface area contributed by atoms with E-state index in [0.29, 0.717) is 29.7 Å². The van der Waals surface area contributed by atoms with Crippen molar-refractivity contribution in [2.24, 2.45) is 0 Å². The largest absolute Gasteiger partial charge is 0.416 e. The number of rotatable bonds is 3. The molecule has 0 atom stereocenters. The Morgan fingerprint density at radius 1 is 1.12 bits per heavy atom. The topological polar surface area (TPSA) is 113 Å². The molecule has 4 rings (SSSR count). The molecule has 2 aromatic heterocycles. The molecule has 2 amide bonds. The molecule has 0 bridgehead atoms. The van der Waals surface area contributed by atoms with Gasteiger partial charge in [0, 0.05) is 23.2 Å². The van der Waals surface area contributed by atoms with Crippen molar-refractivity contribution in [3.05, 3.63) is 65.6 Å². The molecule has 2 heterocycles. The Balaban J connectivity index is 0.00000103. The molecule has 2 aromatic carbocycles. The molecular weight excluding hydrogens is 474 g/mol. The van der Waals surface area contributed by atoms with E-state index in [1.807, 2.05) is 5.38 Å². The van der Waals surface area contributed by atoms with Crippen LogP contribution in [0.3, 0.4) is 0 Å². The summed E-state index contributed by atoms with van der Waals surface area (Å²) in [6.45, 7) is 1.93. The average molecular weight is 493 g/mol. The molecule has 0 aliphatic rings. The van der Waals surface area contributed by atoms with Crippen LogP contribution in [-0.2, 0) is 6.18 Å². The van der Waals surface area contributed by atoms with Crippen LogP contribution in [0.5, 0.6) is 0 Å². The monoisotopic (exact) mass is 493 g/mol. The number of hydrogen-bond acceptors (Lipinski definition) is 6. The van der Waals surface area contributed by atoms with Gasteiger partial charge in [-0.1, -0.05) is 12.1 Å². The number of hydrogen-bond donors (Lipinski definition) is 4. The van der Waals surface area contributed by atoms with Crippen LogP contribution in [0, 0.1) is 5.82 Å². The van der Waals surface area contributed by atoms with Crippen molar-refractivity contribution in [3.8, 4) is 11.1 Å². The highest BCUT2D eigenvalue weighted by molar-refractivity contribution is 7.17. The van der Waals surface area contributed by atoms with E-state index in [1.165, 1.54) is 17.7 Å². The van der Waals surface area contributed by atoms with Gasteiger partial charge in [0.2, 0.25) is 0 Å². The number of carbonyl (C=O) groups is 1. The van der Waals surface area contributed by atoms with Crippen molar-refractivity contribution >= 4 is 44.8 Å². The zero-order valence-electron chi connectivity index (χ0n) is 17.7. The van der Waals surface area contributed by atoms with Crippen LogP contribution in [0.4, 0.5) is 39.5 Å². The molecule has 0 fully saturated rings. The highest BCUT2D eigenvalue weighted by atomic mass is 32.1. The van der Waals surface area contributed by atoms with Gasteiger partial charge in [0.25, 0.3) is 0 Å². The first kappa shape index (κ1) is 24.9. The van der Waals surface area contributed by atoms with Crippen LogP contribution in [0.1, 0.15) is 12.5 Å². The first-order valence-corrected chi connectivity index (χ1v) is 10.7. The zero-order chi connectivity index (χ0) is 24.9. The summed E-state index contributed by atoms with van der Waals surface area (Å²) in [4.78, 5) is 21.0. The number of aliphatic hydroxyl groups excluding tert-OH is 1. The lowest BCUT2D eigenvalue weighted by Crippen LogP contribution is -2.20. The van der Waals surface area contributed by atoms with Gasteiger partial charge in [0.05, 0.1) is 16.6 Å². The molecule has 12 heteroatoms. The van der Waals surface area contributed by atoms with Crippen molar-refractivity contribution < 1.29 is 27.5 Å². The maximum absolute atomic E-state index is 13.8. The van der Waals surface area contributed by atoms with Gasteiger partial charge in [-0.3, -0.25) is 0 Å². The number of aliphatic hydroxyl groups is 1. The number of fused-ring (bicyclic) bond motifs is 1. The molecule has 0 saturated heterocycles. The fraction of sp³-hybridized carbons (Fsp3) is 0.136. The summed E-state index contributed by atoms with van der Waals surface area (Å²) in [6, 6.07) is 7.55. The molecule has 4 aromatic rings. The second kappa shape index (κ2) is 10.4. The Bertz CT molecular complexity index is 1290. The van der Waals surface area contributed by atoms with Crippen molar-refractivity contribution in [2.45, 2.75) is 13.1 Å². The minimum Gasteiger partial charge on any atom is -0.397 e. The Hall–Kier alpha value is -3.77. The lowest BCUT2D eigenvalue weighted by Gasteiger charge is -2.12. The number of benzene rings is 2. The summed E-state index contributed by atoms with van der Waals surface area (Å²) < 4.78 is 52.2. The SMILES string of the molecule is CCO.Nc1ncnc2scc(-c3ccc(NC(=O)Nc4cc(C(F)(F)F)ccc4F)cc3)c12. The van der Waals surface area contributed by atoms with Gasteiger partial charge in [-0.05, 0) is 42.8 Å². The third kappa shape index (κ3) is 5.77. The quantitative estimate of drug-likeness (QED) is 0.272. The van der Waals surface area contributed by atoms with E-state index in [2.05, 4.69) is 20.6 Å². The third-order valence-corrected chi connectivity index (χ3v) is 5.28. The van der Waals surface area contributed by atoms with Crippen LogP contribution in [0.15, 0.2) is 54.2 Å². The van der Waals surface area contributed by atoms with Crippen LogP contribution in [0.25, 0.3) is 21.3 Å². The summed E-state index contributed by atoms with van der Waals surface area (Å²) in [5.41, 5.74) is 6.30. The number of amides is 2. The Kier molecular flexibility index (Phi) is 7.64. The van der Waals surface area contributed by atoms with Crippen LogP contribution < -0.4 is 16.4 Å². The first-order chi connectivity index (χ1) is 16.1. The fourth-order valence-corrected chi connectivity index (χ4v) is 3.85. The smallest absolute Gasteiger partial charge is 0.397 e. The number of nitrogens with one attached hydrogen (secondary N) is 2. The van der Waals surface area contributed by atoms with E-state index >= 15 is 0 Å². The molecule has 0 aliphatic carbocycles. The Morgan fingerprint density at radius 3 is 2.44 bits per heavy atom. The summed E-state index contributed by atoms with van der Waals surface area (Å²) in [5.74, 6) is -0.631. The van der Waals surface area contributed by atoms with Crippen molar-refractivity contribution in [1.29, 1.82) is 0 Å². The normalized spacial score (nSPS) is 11.0. The molecular formula is C22H19F4N5O2S. The molecule has 7 nitrogen and oxygen atoms in total. The Labute approximate surface area is 195 Å². The standard InChI is InChI=1S/C20H13F4N5OS.C2H6O/c21-14-6-3-11(20(22,23)24)7-15(14)29-19(30)28-12-4-1-10(2-5-12)13-8-31-18-16(13)17(25)26-9-27-18;1-2-3/h1-9H,(H2,25,26,27)(H2,28,29,30);3H,2H2,1H3. The van der Waals surface area contributed by atoms with Gasteiger partial charge in [-0.25, -0.2) is 19.2 Å². The minimum absolute atomic E-state index is 0.250. The van der Waals surface area contributed by atoms with Crippen LogP contribution in [0.2, 0.25) is 0 Å². The van der Waals surface area contributed by atoms with E-state index in [-0.39, 0.29) is 6.61 Å². The molecule has 34 heavy (non-hydrogen) atoms. The number of aromatic nitrogens is 2. The second-order valence-corrected chi connectivity index (χ2v) is 7.61. The van der Waals surface area contributed by atoms with E-state index < -0.39 is 29.3 Å². The number of halogens is 4. The van der Waals surface area contributed by atoms with Crippen LogP contribution in [-0.4, -0.2) is 27.7 Å². The number of anilines is 3. The number of urea groups is 1. The summed E-state index contributed by atoms with van der Waals surface area (Å²) in [5, 5.41) is 14.7. The molecule has 0 unspecified atom stereocenters. The van der Waals surface area contributed by atoms with Crippen molar-refractivity contribution in [3.63, 3.8) is 0 Å². The molecule has 0 radical (unpaired) electrons. The number of alkyl halides is 3. The lowest BCUT2D eigenvalue weighted by atomic mass is 10.1. The number of carbonyl (C=O) groups excluding carboxylic acids is 1. The van der Waals surface area contributed by atoms with E-state index in [1.54, 1.807) is 31.2 Å². The number of nitrogens with zero attached hydrogens (tertiary/aromatic N) is 2. The number of nitrogen functional groups attached to an aromatic ring is 1. The van der Waals surface area contributed by atoms with Crippen molar-refractivity contribution in [1.82, 2.24) is 9.97 Å². The summed E-state index contributed by atoms with van der Waals surface area (Å²) >= 11 is 1.42. The molecule has 0 spiro atoms. The van der Waals surface area contributed by atoms with E-state index in [0.717, 1.165) is 21.3 Å². The van der Waals surface area contributed by atoms with Gasteiger partial charge >= 0.3 is 12.2 Å². The first-order valence-electron chi connectivity index (χ1n) is 9.77. The van der Waals surface area contributed by atoms with Crippen molar-refractivity contribution in [2.75, 3.05) is 23.0 Å². The van der Waals surface area contributed by atoms with Gasteiger partial charge < -0.3 is 21.5 Å². The number of thiophene rings is 1. The predicted octanol–water partition coefficient (Wildman–Crippen LogP) is 5.74. The predicted molar refractivity (Wildman–Crippen MR) is 124 cm³/mol. The van der Waals surface area contributed by atoms with Gasteiger partial charge in [-0.2, -0.15) is 13.2 Å². The van der Waals surface area contributed by atoms with Gasteiger partial charge in [0.15, 0.2) is 0 Å².